The van der Waals surface area contributed by atoms with Gasteiger partial charge in [-0.15, -0.1) is 0 Å². The normalized spacial score (nSPS) is 11.3. The smallest absolute Gasteiger partial charge is 0.309 e. The van der Waals surface area contributed by atoms with Crippen LogP contribution in [0.4, 0.5) is 0 Å². The second-order valence-electron chi connectivity index (χ2n) is 4.35. The first-order valence-corrected chi connectivity index (χ1v) is 8.21. The summed E-state index contributed by atoms with van der Waals surface area (Å²) in [5.41, 5.74) is 0.706. The van der Waals surface area contributed by atoms with Gasteiger partial charge in [0, 0.05) is 19.8 Å². The summed E-state index contributed by atoms with van der Waals surface area (Å²) in [6, 6.07) is 6.16. The minimum Gasteiger partial charge on any atom is -0.469 e. The van der Waals surface area contributed by atoms with Crippen LogP contribution in [0.5, 0.6) is 0 Å². The molecule has 0 atom stereocenters. The maximum absolute atomic E-state index is 12.0. The van der Waals surface area contributed by atoms with E-state index in [1.165, 1.54) is 19.2 Å². The maximum atomic E-state index is 12.0. The van der Waals surface area contributed by atoms with Gasteiger partial charge in [0.25, 0.3) is 0 Å². The molecule has 1 rings (SSSR count). The Balaban J connectivity index is 2.56. The zero-order valence-corrected chi connectivity index (χ0v) is 13.1. The molecule has 0 spiro atoms. The van der Waals surface area contributed by atoms with Crippen LogP contribution in [0.25, 0.3) is 0 Å². The SMILES string of the molecule is CCOCCCNS(=O)(=O)c1ccc(CC(=O)OC)cc1. The first-order chi connectivity index (χ1) is 9.99. The van der Waals surface area contributed by atoms with Crippen molar-refractivity contribution in [2.75, 3.05) is 26.9 Å². The van der Waals surface area contributed by atoms with E-state index in [0.717, 1.165) is 0 Å². The van der Waals surface area contributed by atoms with Crippen LogP contribution in [0.2, 0.25) is 0 Å². The highest BCUT2D eigenvalue weighted by atomic mass is 32.2. The molecule has 1 N–H and O–H groups in total. The molecule has 0 amide bonds. The van der Waals surface area contributed by atoms with E-state index in [0.29, 0.717) is 31.7 Å². The molecule has 7 heteroatoms. The van der Waals surface area contributed by atoms with Crippen molar-refractivity contribution in [1.82, 2.24) is 4.72 Å². The number of carbonyl (C=O) groups is 1. The number of rotatable bonds is 9. The number of carbonyl (C=O) groups excluding carboxylic acids is 1. The number of esters is 1. The predicted molar refractivity (Wildman–Crippen MR) is 78.5 cm³/mol. The lowest BCUT2D eigenvalue weighted by Crippen LogP contribution is -2.25. The van der Waals surface area contributed by atoms with Gasteiger partial charge in [-0.25, -0.2) is 13.1 Å². The van der Waals surface area contributed by atoms with Crippen molar-refractivity contribution in [3.63, 3.8) is 0 Å². The molecule has 0 aromatic heterocycles. The highest BCUT2D eigenvalue weighted by Crippen LogP contribution is 2.11. The second kappa shape index (κ2) is 8.76. The van der Waals surface area contributed by atoms with E-state index >= 15 is 0 Å². The van der Waals surface area contributed by atoms with Gasteiger partial charge in [0.2, 0.25) is 10.0 Å². The third kappa shape index (κ3) is 6.24. The summed E-state index contributed by atoms with van der Waals surface area (Å²) in [7, 11) is -2.21. The van der Waals surface area contributed by atoms with Crippen LogP contribution in [0.15, 0.2) is 29.2 Å². The molecule has 0 saturated carbocycles. The van der Waals surface area contributed by atoms with Crippen molar-refractivity contribution in [1.29, 1.82) is 0 Å². The molecule has 0 saturated heterocycles. The molecule has 0 aliphatic carbocycles. The van der Waals surface area contributed by atoms with E-state index in [-0.39, 0.29) is 17.3 Å². The molecule has 0 bridgehead atoms. The molecule has 6 nitrogen and oxygen atoms in total. The first-order valence-electron chi connectivity index (χ1n) is 6.72. The Morgan fingerprint density at radius 3 is 2.48 bits per heavy atom. The lowest BCUT2D eigenvalue weighted by atomic mass is 10.2. The minimum absolute atomic E-state index is 0.124. The van der Waals surface area contributed by atoms with Crippen molar-refractivity contribution in [3.05, 3.63) is 29.8 Å². The highest BCUT2D eigenvalue weighted by molar-refractivity contribution is 7.89. The van der Waals surface area contributed by atoms with E-state index in [4.69, 9.17) is 4.74 Å². The zero-order chi connectivity index (χ0) is 15.7. The standard InChI is InChI=1S/C14H21NO5S/c1-3-20-10-4-9-15-21(17,18)13-7-5-12(6-8-13)11-14(16)19-2/h5-8,15H,3-4,9-11H2,1-2H3. The molecule has 0 radical (unpaired) electrons. The number of nitrogens with one attached hydrogen (secondary N) is 1. The van der Waals surface area contributed by atoms with E-state index in [1.54, 1.807) is 12.1 Å². The summed E-state index contributed by atoms with van der Waals surface area (Å²) in [5, 5.41) is 0. The van der Waals surface area contributed by atoms with Gasteiger partial charge in [0.15, 0.2) is 0 Å². The van der Waals surface area contributed by atoms with Crippen molar-refractivity contribution < 1.29 is 22.7 Å². The van der Waals surface area contributed by atoms with E-state index in [9.17, 15) is 13.2 Å². The molecule has 0 aliphatic heterocycles. The number of benzene rings is 1. The van der Waals surface area contributed by atoms with E-state index in [1.807, 2.05) is 6.92 Å². The quantitative estimate of drug-likeness (QED) is 0.545. The van der Waals surface area contributed by atoms with Crippen LogP contribution >= 0.6 is 0 Å². The van der Waals surface area contributed by atoms with Gasteiger partial charge < -0.3 is 9.47 Å². The summed E-state index contributed by atoms with van der Waals surface area (Å²) in [6.07, 6.45) is 0.742. The number of sulfonamides is 1. The molecule has 0 aliphatic rings. The Hall–Kier alpha value is -1.44. The lowest BCUT2D eigenvalue weighted by Gasteiger charge is -2.07. The average molecular weight is 315 g/mol. The summed E-state index contributed by atoms with van der Waals surface area (Å²) in [5.74, 6) is -0.361. The summed E-state index contributed by atoms with van der Waals surface area (Å²) in [6.45, 7) is 3.36. The van der Waals surface area contributed by atoms with Crippen LogP contribution in [-0.4, -0.2) is 41.3 Å². The van der Waals surface area contributed by atoms with Gasteiger partial charge in [0.05, 0.1) is 18.4 Å². The van der Waals surface area contributed by atoms with Crippen LogP contribution in [-0.2, 0) is 30.7 Å². The number of hydrogen-bond donors (Lipinski definition) is 1. The van der Waals surface area contributed by atoms with Gasteiger partial charge in [-0.1, -0.05) is 12.1 Å². The fraction of sp³-hybridized carbons (Fsp3) is 0.500. The van der Waals surface area contributed by atoms with Crippen molar-refractivity contribution in [2.24, 2.45) is 0 Å². The third-order valence-corrected chi connectivity index (χ3v) is 4.25. The Morgan fingerprint density at radius 1 is 1.24 bits per heavy atom. The molecular formula is C14H21NO5S. The Kier molecular flexibility index (Phi) is 7.35. The molecule has 0 heterocycles. The van der Waals surface area contributed by atoms with Crippen LogP contribution in [0.1, 0.15) is 18.9 Å². The predicted octanol–water partition coefficient (Wildman–Crippen LogP) is 1.11. The fourth-order valence-corrected chi connectivity index (χ4v) is 2.71. The van der Waals surface area contributed by atoms with Gasteiger partial charge in [-0.3, -0.25) is 4.79 Å². The molecule has 1 aromatic carbocycles. The van der Waals surface area contributed by atoms with Gasteiger partial charge in [-0.2, -0.15) is 0 Å². The molecule has 0 fully saturated rings. The molecule has 0 unspecified atom stereocenters. The average Bonchev–Trinajstić information content (AvgIpc) is 2.47. The minimum atomic E-state index is -3.52. The molecular weight excluding hydrogens is 294 g/mol. The van der Waals surface area contributed by atoms with E-state index in [2.05, 4.69) is 9.46 Å². The molecule has 1 aromatic rings. The van der Waals surface area contributed by atoms with Crippen LogP contribution < -0.4 is 4.72 Å². The second-order valence-corrected chi connectivity index (χ2v) is 6.11. The largest absolute Gasteiger partial charge is 0.469 e. The van der Waals surface area contributed by atoms with Crippen molar-refractivity contribution in [2.45, 2.75) is 24.7 Å². The topological polar surface area (TPSA) is 81.7 Å². The fourth-order valence-electron chi connectivity index (χ4n) is 1.63. The van der Waals surface area contributed by atoms with Crippen molar-refractivity contribution >= 4 is 16.0 Å². The maximum Gasteiger partial charge on any atom is 0.309 e. The van der Waals surface area contributed by atoms with Crippen molar-refractivity contribution in [3.8, 4) is 0 Å². The number of ether oxygens (including phenoxy) is 2. The summed E-state index contributed by atoms with van der Waals surface area (Å²) >= 11 is 0. The Bertz CT molecular complexity index is 539. The Labute approximate surface area is 125 Å². The van der Waals surface area contributed by atoms with E-state index < -0.39 is 10.0 Å². The highest BCUT2D eigenvalue weighted by Gasteiger charge is 2.13. The van der Waals surface area contributed by atoms with Crippen LogP contribution in [0, 0.1) is 0 Å². The molecule has 21 heavy (non-hydrogen) atoms. The summed E-state index contributed by atoms with van der Waals surface area (Å²) in [4.78, 5) is 11.3. The number of hydrogen-bond acceptors (Lipinski definition) is 5. The monoisotopic (exact) mass is 315 g/mol. The lowest BCUT2D eigenvalue weighted by molar-refractivity contribution is -0.139. The third-order valence-electron chi connectivity index (χ3n) is 2.77. The zero-order valence-electron chi connectivity index (χ0n) is 12.3. The van der Waals surface area contributed by atoms with Gasteiger partial charge in [0.1, 0.15) is 0 Å². The van der Waals surface area contributed by atoms with Crippen LogP contribution in [0.3, 0.4) is 0 Å². The molecule has 118 valence electrons. The van der Waals surface area contributed by atoms with Gasteiger partial charge in [-0.05, 0) is 31.0 Å². The Morgan fingerprint density at radius 2 is 1.90 bits per heavy atom. The van der Waals surface area contributed by atoms with Gasteiger partial charge >= 0.3 is 5.97 Å². The first kappa shape index (κ1) is 17.6. The number of methoxy groups -OCH3 is 1. The summed E-state index contributed by atoms with van der Waals surface area (Å²) < 4.78 is 36.2.